The van der Waals surface area contributed by atoms with E-state index < -0.39 is 15.7 Å². The lowest BCUT2D eigenvalue weighted by molar-refractivity contribution is -0.00840. The first-order valence-electron chi connectivity index (χ1n) is 5.13. The summed E-state index contributed by atoms with van der Waals surface area (Å²) in [7, 11) is -3.39. The van der Waals surface area contributed by atoms with Gasteiger partial charge in [-0.3, -0.25) is 0 Å². The third-order valence-corrected chi connectivity index (χ3v) is 4.27. The van der Waals surface area contributed by atoms with Crippen LogP contribution < -0.4 is 4.72 Å². The van der Waals surface area contributed by atoms with Gasteiger partial charge in [0.2, 0.25) is 0 Å². The summed E-state index contributed by atoms with van der Waals surface area (Å²) in [5, 5.41) is 0. The van der Waals surface area contributed by atoms with Gasteiger partial charge in [0.15, 0.2) is 0 Å². The standard InChI is InChI=1S/C9H20N2O3S/c1-8(2)10-15(12,13)11-5-6-14-7-9(11,3)4/h8,10H,5-7H2,1-4H3. The number of nitrogens with one attached hydrogen (secondary N) is 1. The van der Waals surface area contributed by atoms with E-state index in [0.717, 1.165) is 0 Å². The zero-order valence-electron chi connectivity index (χ0n) is 9.78. The molecule has 0 bridgehead atoms. The van der Waals surface area contributed by atoms with Crippen LogP contribution in [-0.2, 0) is 14.9 Å². The largest absolute Gasteiger partial charge is 0.378 e. The van der Waals surface area contributed by atoms with Gasteiger partial charge in [-0.15, -0.1) is 0 Å². The van der Waals surface area contributed by atoms with Gasteiger partial charge in [-0.25, -0.2) is 0 Å². The van der Waals surface area contributed by atoms with Crippen molar-refractivity contribution in [2.75, 3.05) is 19.8 Å². The molecule has 0 radical (unpaired) electrons. The van der Waals surface area contributed by atoms with Crippen LogP contribution in [-0.4, -0.2) is 44.1 Å². The number of rotatable bonds is 3. The lowest BCUT2D eigenvalue weighted by atomic mass is 10.1. The minimum Gasteiger partial charge on any atom is -0.378 e. The lowest BCUT2D eigenvalue weighted by Gasteiger charge is -2.40. The minimum atomic E-state index is -3.39. The van der Waals surface area contributed by atoms with Crippen LogP contribution in [0.3, 0.4) is 0 Å². The number of hydrogen-bond donors (Lipinski definition) is 1. The van der Waals surface area contributed by atoms with Crippen LogP contribution in [0.5, 0.6) is 0 Å². The van der Waals surface area contributed by atoms with E-state index in [0.29, 0.717) is 19.8 Å². The Bertz CT molecular complexity index is 311. The van der Waals surface area contributed by atoms with Crippen molar-refractivity contribution in [3.8, 4) is 0 Å². The van der Waals surface area contributed by atoms with Gasteiger partial charge in [0.1, 0.15) is 0 Å². The second kappa shape index (κ2) is 4.37. The molecule has 0 aliphatic carbocycles. The summed E-state index contributed by atoms with van der Waals surface area (Å²) in [6.45, 7) is 8.66. The molecule has 0 amide bonds. The lowest BCUT2D eigenvalue weighted by Crippen LogP contribution is -2.59. The zero-order valence-corrected chi connectivity index (χ0v) is 10.6. The van der Waals surface area contributed by atoms with E-state index in [4.69, 9.17) is 4.74 Å². The Hall–Kier alpha value is -0.170. The second-order valence-corrected chi connectivity index (χ2v) is 6.34. The third kappa shape index (κ3) is 3.14. The smallest absolute Gasteiger partial charge is 0.280 e. The van der Waals surface area contributed by atoms with Crippen LogP contribution in [0.25, 0.3) is 0 Å². The Labute approximate surface area is 92.0 Å². The monoisotopic (exact) mass is 236 g/mol. The molecular formula is C9H20N2O3S. The normalized spacial score (nSPS) is 23.3. The van der Waals surface area contributed by atoms with E-state index in [2.05, 4.69) is 4.72 Å². The summed E-state index contributed by atoms with van der Waals surface area (Å²) >= 11 is 0. The van der Waals surface area contributed by atoms with Gasteiger partial charge in [-0.2, -0.15) is 17.4 Å². The highest BCUT2D eigenvalue weighted by atomic mass is 32.2. The average molecular weight is 236 g/mol. The molecule has 0 aromatic carbocycles. The fraction of sp³-hybridized carbons (Fsp3) is 1.00. The minimum absolute atomic E-state index is 0.0892. The molecule has 1 aliphatic heterocycles. The van der Waals surface area contributed by atoms with Crippen molar-refractivity contribution in [1.82, 2.24) is 9.03 Å². The van der Waals surface area contributed by atoms with E-state index in [1.165, 1.54) is 4.31 Å². The van der Waals surface area contributed by atoms with Crippen molar-refractivity contribution in [2.24, 2.45) is 0 Å². The van der Waals surface area contributed by atoms with E-state index in [1.54, 1.807) is 0 Å². The molecule has 1 aliphatic rings. The molecule has 6 heteroatoms. The molecule has 0 spiro atoms. The predicted molar refractivity (Wildman–Crippen MR) is 58.8 cm³/mol. The molecule has 0 atom stereocenters. The van der Waals surface area contributed by atoms with Gasteiger partial charge >= 0.3 is 0 Å². The van der Waals surface area contributed by atoms with E-state index in [-0.39, 0.29) is 6.04 Å². The zero-order chi connectivity index (χ0) is 11.7. The van der Waals surface area contributed by atoms with Crippen LogP contribution >= 0.6 is 0 Å². The van der Waals surface area contributed by atoms with Gasteiger partial charge in [-0.1, -0.05) is 0 Å². The van der Waals surface area contributed by atoms with Crippen molar-refractivity contribution in [2.45, 2.75) is 39.3 Å². The van der Waals surface area contributed by atoms with Gasteiger partial charge in [-0.05, 0) is 27.7 Å². The third-order valence-electron chi connectivity index (χ3n) is 2.24. The topological polar surface area (TPSA) is 58.6 Å². The summed E-state index contributed by atoms with van der Waals surface area (Å²) in [4.78, 5) is 0. The van der Waals surface area contributed by atoms with Gasteiger partial charge in [0.25, 0.3) is 10.2 Å². The van der Waals surface area contributed by atoms with Gasteiger partial charge < -0.3 is 4.74 Å². The first-order valence-corrected chi connectivity index (χ1v) is 6.57. The van der Waals surface area contributed by atoms with Crippen molar-refractivity contribution < 1.29 is 13.2 Å². The van der Waals surface area contributed by atoms with Crippen molar-refractivity contribution in [3.05, 3.63) is 0 Å². The molecule has 90 valence electrons. The maximum atomic E-state index is 12.0. The summed E-state index contributed by atoms with van der Waals surface area (Å²) in [5.41, 5.74) is -0.473. The molecule has 1 saturated heterocycles. The fourth-order valence-corrected chi connectivity index (χ4v) is 3.39. The molecule has 15 heavy (non-hydrogen) atoms. The molecule has 1 fully saturated rings. The van der Waals surface area contributed by atoms with Crippen LogP contribution in [0, 0.1) is 0 Å². The molecule has 0 saturated carbocycles. The van der Waals surface area contributed by atoms with Crippen LogP contribution in [0.2, 0.25) is 0 Å². The van der Waals surface area contributed by atoms with E-state index in [1.807, 2.05) is 27.7 Å². The molecule has 1 N–H and O–H groups in total. The Morgan fingerprint density at radius 1 is 1.40 bits per heavy atom. The maximum Gasteiger partial charge on any atom is 0.280 e. The Balaban J connectivity index is 2.85. The summed E-state index contributed by atoms with van der Waals surface area (Å²) in [5.74, 6) is 0. The Morgan fingerprint density at radius 3 is 2.47 bits per heavy atom. The number of nitrogens with zero attached hydrogens (tertiary/aromatic N) is 1. The predicted octanol–water partition coefficient (Wildman–Crippen LogP) is 0.340. The van der Waals surface area contributed by atoms with Gasteiger partial charge in [0.05, 0.1) is 18.8 Å². The van der Waals surface area contributed by atoms with Crippen molar-refractivity contribution in [3.63, 3.8) is 0 Å². The molecule has 1 heterocycles. The summed E-state index contributed by atoms with van der Waals surface area (Å²) in [6.07, 6.45) is 0. The first-order chi connectivity index (χ1) is 6.76. The Kier molecular flexibility index (Phi) is 3.76. The number of ether oxygens (including phenoxy) is 1. The highest BCUT2D eigenvalue weighted by molar-refractivity contribution is 7.87. The van der Waals surface area contributed by atoms with Crippen LogP contribution in [0.4, 0.5) is 0 Å². The maximum absolute atomic E-state index is 12.0. The summed E-state index contributed by atoms with van der Waals surface area (Å²) in [6, 6.07) is -0.0892. The van der Waals surface area contributed by atoms with Crippen LogP contribution in [0.15, 0.2) is 0 Å². The molecule has 0 unspecified atom stereocenters. The van der Waals surface area contributed by atoms with Gasteiger partial charge in [0, 0.05) is 12.6 Å². The van der Waals surface area contributed by atoms with E-state index >= 15 is 0 Å². The number of hydrogen-bond acceptors (Lipinski definition) is 3. The van der Waals surface area contributed by atoms with Crippen molar-refractivity contribution in [1.29, 1.82) is 0 Å². The highest BCUT2D eigenvalue weighted by Crippen LogP contribution is 2.21. The molecule has 1 rings (SSSR count). The summed E-state index contributed by atoms with van der Waals surface area (Å²) < 4.78 is 33.3. The average Bonchev–Trinajstić information content (AvgIpc) is 1.99. The SMILES string of the molecule is CC(C)NS(=O)(=O)N1CCOCC1(C)C. The Morgan fingerprint density at radius 2 is 2.00 bits per heavy atom. The molecule has 0 aromatic heterocycles. The van der Waals surface area contributed by atoms with Crippen LogP contribution in [0.1, 0.15) is 27.7 Å². The molecule has 0 aromatic rings. The highest BCUT2D eigenvalue weighted by Gasteiger charge is 2.38. The second-order valence-electron chi connectivity index (χ2n) is 4.71. The quantitative estimate of drug-likeness (QED) is 0.768. The molecular weight excluding hydrogens is 216 g/mol. The van der Waals surface area contributed by atoms with E-state index in [9.17, 15) is 8.42 Å². The number of morpholine rings is 1. The van der Waals surface area contributed by atoms with Crippen molar-refractivity contribution >= 4 is 10.2 Å². The fourth-order valence-electron chi connectivity index (χ4n) is 1.65. The molecule has 5 nitrogen and oxygen atoms in total. The first kappa shape index (κ1) is 12.9.